The number of nitrogens with zero attached hydrogens (tertiary/aromatic N) is 1. The fraction of sp³-hybridized carbons (Fsp3) is 0.604. The molecular formula is C53H79N8O12. The van der Waals surface area contributed by atoms with Crippen LogP contribution in [0.3, 0.4) is 0 Å². The lowest BCUT2D eigenvalue weighted by Crippen LogP contribution is -2.74. The molecule has 2 aromatic rings. The summed E-state index contributed by atoms with van der Waals surface area (Å²) in [5.74, 6) is -5.73. The molecule has 0 spiro atoms. The lowest BCUT2D eigenvalue weighted by atomic mass is 9.69. The predicted molar refractivity (Wildman–Crippen MR) is 272 cm³/mol. The summed E-state index contributed by atoms with van der Waals surface area (Å²) < 4.78 is 10.7. The Morgan fingerprint density at radius 3 is 1.53 bits per heavy atom. The van der Waals surface area contributed by atoms with E-state index in [0.717, 1.165) is 5.06 Å². The molecule has 20 heteroatoms. The van der Waals surface area contributed by atoms with Gasteiger partial charge in [-0.05, 0) is 143 Å². The van der Waals surface area contributed by atoms with E-state index < -0.39 is 110 Å². The number of carbonyl (C=O) groups excluding carboxylic acids is 9. The Hall–Kier alpha value is -6.41. The summed E-state index contributed by atoms with van der Waals surface area (Å²) in [5, 5.41) is 33.2. The van der Waals surface area contributed by atoms with Crippen LogP contribution in [0.4, 0.5) is 4.79 Å². The second-order valence-electron chi connectivity index (χ2n) is 23.8. The molecule has 0 bridgehead atoms. The van der Waals surface area contributed by atoms with Crippen LogP contribution in [0.15, 0.2) is 54.6 Å². The number of amides is 7. The molecule has 0 aromatic heterocycles. The Kier molecular flexibility index (Phi) is 18.7. The third kappa shape index (κ3) is 16.8. The number of piperidine rings is 1. The van der Waals surface area contributed by atoms with Gasteiger partial charge in [0.05, 0.1) is 0 Å². The van der Waals surface area contributed by atoms with Gasteiger partial charge in [-0.2, -0.15) is 0 Å². The van der Waals surface area contributed by atoms with Crippen LogP contribution in [0.25, 0.3) is 0 Å². The highest BCUT2D eigenvalue weighted by atomic mass is 16.6. The summed E-state index contributed by atoms with van der Waals surface area (Å²) in [6.07, 6.45) is -1.59. The zero-order chi connectivity index (χ0) is 56.1. The molecule has 0 saturated carbocycles. The smallest absolute Gasteiger partial charge is 0.408 e. The second kappa shape index (κ2) is 22.4. The van der Waals surface area contributed by atoms with Gasteiger partial charge in [0, 0.05) is 28.6 Å². The van der Waals surface area contributed by atoms with Gasteiger partial charge < -0.3 is 46.7 Å². The van der Waals surface area contributed by atoms with Crippen LogP contribution in [0.5, 0.6) is 0 Å². The van der Waals surface area contributed by atoms with Gasteiger partial charge >= 0.3 is 12.1 Å². The van der Waals surface area contributed by atoms with E-state index in [9.17, 15) is 48.4 Å². The summed E-state index contributed by atoms with van der Waals surface area (Å²) >= 11 is 0. The van der Waals surface area contributed by atoms with E-state index in [4.69, 9.17) is 9.47 Å². The first-order valence-electron chi connectivity index (χ1n) is 24.3. The average Bonchev–Trinajstić information content (AvgIpc) is 3.23. The lowest BCUT2D eigenvalue weighted by Gasteiger charge is -2.54. The van der Waals surface area contributed by atoms with Crippen molar-refractivity contribution in [3.8, 4) is 0 Å². The van der Waals surface area contributed by atoms with Gasteiger partial charge in [0.25, 0.3) is 0 Å². The molecule has 403 valence electrons. The summed E-state index contributed by atoms with van der Waals surface area (Å²) in [6.45, 7) is 27.7. The van der Waals surface area contributed by atoms with Gasteiger partial charge in [0.1, 0.15) is 51.5 Å². The van der Waals surface area contributed by atoms with Crippen LogP contribution < -0.4 is 37.2 Å². The summed E-state index contributed by atoms with van der Waals surface area (Å²) in [7, 11) is 0. The average molecular weight is 1020 g/mol. The van der Waals surface area contributed by atoms with Crippen molar-refractivity contribution < 1.29 is 57.8 Å². The molecule has 1 aliphatic heterocycles. The van der Waals surface area contributed by atoms with Crippen molar-refractivity contribution in [3.05, 3.63) is 71.3 Å². The maximum Gasteiger partial charge on any atom is 0.408 e. The van der Waals surface area contributed by atoms with Crippen molar-refractivity contribution in [2.24, 2.45) is 0 Å². The first-order valence-corrected chi connectivity index (χ1v) is 24.3. The second-order valence-corrected chi connectivity index (χ2v) is 23.8. The number of carbonyl (C=O) groups is 9. The van der Waals surface area contributed by atoms with E-state index in [1.54, 1.807) is 124 Å². The topological polar surface area (TPSA) is 279 Å². The number of benzene rings is 2. The van der Waals surface area contributed by atoms with Crippen molar-refractivity contribution in [1.29, 1.82) is 0 Å². The number of esters is 1. The molecule has 3 atom stereocenters. The fourth-order valence-electron chi connectivity index (χ4n) is 8.28. The summed E-state index contributed by atoms with van der Waals surface area (Å²) in [6, 6.07) is 11.2. The maximum absolute atomic E-state index is 14.9. The van der Waals surface area contributed by atoms with E-state index in [0.29, 0.717) is 16.7 Å². The zero-order valence-corrected chi connectivity index (χ0v) is 45.9. The minimum absolute atomic E-state index is 0.171. The summed E-state index contributed by atoms with van der Waals surface area (Å²) in [5.41, 5.74) is -9.75. The monoisotopic (exact) mass is 1020 g/mol. The van der Waals surface area contributed by atoms with Crippen LogP contribution >= 0.6 is 0 Å². The molecule has 2 aromatic carbocycles. The van der Waals surface area contributed by atoms with E-state index >= 15 is 0 Å². The Morgan fingerprint density at radius 2 is 1.03 bits per heavy atom. The van der Waals surface area contributed by atoms with Crippen molar-refractivity contribution in [3.63, 3.8) is 0 Å². The molecule has 3 rings (SSSR count). The first kappa shape index (κ1) is 60.9. The molecular weight excluding hydrogens is 941 g/mol. The van der Waals surface area contributed by atoms with Crippen molar-refractivity contribution in [2.45, 2.75) is 206 Å². The molecule has 7 amide bonds. The maximum atomic E-state index is 14.9. The van der Waals surface area contributed by atoms with Crippen LogP contribution in [0.2, 0.25) is 0 Å². The Bertz CT molecular complexity index is 2380. The van der Waals surface area contributed by atoms with Gasteiger partial charge in [0.2, 0.25) is 35.4 Å². The standard InChI is InChI=1S/C53H79N8O12/c1-31(38(63)57-52(17,18)43(68)59-50(13,14)41(66)55-32(2)40(65)72-46(3,4)5)54-44(69)53(29-48(9,10)61(71)49(11,12)30-53)58-39(64)36(56-42(67)51(15,16)60-45(70)73-47(6,7)8)28-33-24-26-35(27-25-33)37(62)34-22-20-19-21-23-34/h19-27,31-32,36H,28-30H2,1-18H3,(H,54,69)(H,55,66)(H,56,67)(H,57,63)(H,58,64)(H,59,68)(H,60,70)/t31-,32-,36-/m0/s1. The minimum Gasteiger partial charge on any atom is -0.458 e. The molecule has 7 N–H and O–H groups in total. The van der Waals surface area contributed by atoms with Gasteiger partial charge in [-0.3, -0.25) is 33.6 Å². The number of ketones is 1. The third-order valence-corrected chi connectivity index (χ3v) is 11.9. The molecule has 1 aliphatic rings. The number of alkyl carbamates (subject to hydrolysis) is 1. The third-order valence-electron chi connectivity index (χ3n) is 11.9. The summed E-state index contributed by atoms with van der Waals surface area (Å²) in [4.78, 5) is 123. The molecule has 1 radical (unpaired) electrons. The Morgan fingerprint density at radius 1 is 0.562 bits per heavy atom. The molecule has 1 heterocycles. The number of hydrogen-bond donors (Lipinski definition) is 7. The zero-order valence-electron chi connectivity index (χ0n) is 45.9. The lowest BCUT2D eigenvalue weighted by molar-refractivity contribution is -0.295. The van der Waals surface area contributed by atoms with Gasteiger partial charge in [-0.1, -0.05) is 54.6 Å². The minimum atomic E-state index is -1.90. The number of hydrogen-bond acceptors (Lipinski definition) is 12. The van der Waals surface area contributed by atoms with Crippen LogP contribution in [-0.2, 0) is 54.7 Å². The van der Waals surface area contributed by atoms with Crippen molar-refractivity contribution >= 4 is 53.3 Å². The van der Waals surface area contributed by atoms with Gasteiger partial charge in [-0.25, -0.2) is 9.59 Å². The van der Waals surface area contributed by atoms with Crippen molar-refractivity contribution in [1.82, 2.24) is 42.3 Å². The Balaban J connectivity index is 1.96. The van der Waals surface area contributed by atoms with Crippen molar-refractivity contribution in [2.75, 3.05) is 0 Å². The highest BCUT2D eigenvalue weighted by Gasteiger charge is 2.58. The first-order chi connectivity index (χ1) is 33.0. The van der Waals surface area contributed by atoms with E-state index in [1.165, 1.54) is 55.4 Å². The highest BCUT2D eigenvalue weighted by Crippen LogP contribution is 2.43. The SMILES string of the molecule is C[C@H](NC(=O)C1(NC(=O)[C@H](Cc2ccc(C(=O)c3ccccc3)cc2)NC(=O)C(C)(C)NC(=O)OC(C)(C)C)CC(C)(C)N([O])C(C)(C)C1)C(=O)NC(C)(C)C(=O)NC(C)(C)C(=O)N[C@@H](C)C(=O)OC(C)(C)C. The van der Waals surface area contributed by atoms with Crippen LogP contribution in [0, 0.1) is 0 Å². The normalized spacial score (nSPS) is 17.0. The molecule has 1 saturated heterocycles. The van der Waals surface area contributed by atoms with E-state index in [2.05, 4.69) is 37.2 Å². The number of rotatable bonds is 18. The molecule has 0 unspecified atom stereocenters. The van der Waals surface area contributed by atoms with E-state index in [-0.39, 0.29) is 25.0 Å². The molecule has 0 aliphatic carbocycles. The number of ether oxygens (including phenoxy) is 2. The largest absolute Gasteiger partial charge is 0.458 e. The highest BCUT2D eigenvalue weighted by molar-refractivity contribution is 6.09. The van der Waals surface area contributed by atoms with Crippen LogP contribution in [0.1, 0.15) is 159 Å². The van der Waals surface area contributed by atoms with Gasteiger partial charge in [-0.15, -0.1) is 10.3 Å². The Labute approximate surface area is 429 Å². The van der Waals surface area contributed by atoms with Crippen LogP contribution in [-0.4, -0.2) is 121 Å². The fourth-order valence-corrected chi connectivity index (χ4v) is 8.28. The van der Waals surface area contributed by atoms with E-state index in [1.807, 2.05) is 0 Å². The number of hydroxylamine groups is 2. The van der Waals surface area contributed by atoms with Gasteiger partial charge in [0.15, 0.2) is 5.78 Å². The molecule has 20 nitrogen and oxygen atoms in total. The predicted octanol–water partition coefficient (Wildman–Crippen LogP) is 4.24. The quantitative estimate of drug-likeness (QED) is 0.0816. The molecule has 1 fully saturated rings. The number of nitrogens with one attached hydrogen (secondary N) is 7. The molecule has 73 heavy (non-hydrogen) atoms.